The number of hydrogen-bond acceptors (Lipinski definition) is 8. The minimum absolute atomic E-state index is 0.0166. The van der Waals surface area contributed by atoms with E-state index in [1.54, 1.807) is 6.33 Å². The topological polar surface area (TPSA) is 88.9 Å². The number of nitrogens with zero attached hydrogens (tertiary/aromatic N) is 7. The van der Waals surface area contributed by atoms with Gasteiger partial charge in [0.25, 0.3) is 0 Å². The summed E-state index contributed by atoms with van der Waals surface area (Å²) in [5, 5.41) is 5.60. The van der Waals surface area contributed by atoms with Crippen molar-refractivity contribution >= 4 is 22.8 Å². The van der Waals surface area contributed by atoms with Gasteiger partial charge in [-0.25, -0.2) is 14.6 Å². The highest BCUT2D eigenvalue weighted by Gasteiger charge is 2.45. The first-order chi connectivity index (χ1) is 22.5. The van der Waals surface area contributed by atoms with Gasteiger partial charge in [0.15, 0.2) is 5.65 Å². The Balaban J connectivity index is 0.985. The van der Waals surface area contributed by atoms with E-state index in [-0.39, 0.29) is 11.5 Å². The van der Waals surface area contributed by atoms with Crippen LogP contribution in [-0.4, -0.2) is 88.4 Å². The average Bonchev–Trinajstić information content (AvgIpc) is 3.50. The fourth-order valence-electron chi connectivity index (χ4n) is 7.91. The summed E-state index contributed by atoms with van der Waals surface area (Å²) in [6.45, 7) is 9.86. The summed E-state index contributed by atoms with van der Waals surface area (Å²) in [5.41, 5.74) is 4.77. The quantitative estimate of drug-likeness (QED) is 0.274. The maximum Gasteiger partial charge on any atom is 0.225 e. The van der Waals surface area contributed by atoms with Gasteiger partial charge in [-0.05, 0) is 94.0 Å². The van der Waals surface area contributed by atoms with Gasteiger partial charge in [0.05, 0.1) is 31.3 Å². The van der Waals surface area contributed by atoms with Crippen molar-refractivity contribution in [3.8, 4) is 11.5 Å². The van der Waals surface area contributed by atoms with Gasteiger partial charge >= 0.3 is 0 Å². The lowest BCUT2D eigenvalue weighted by molar-refractivity contribution is -0.138. The average molecular weight is 624 g/mol. The molecule has 0 unspecified atom stereocenters. The molecule has 7 rings (SSSR count). The molecule has 0 N–H and O–H groups in total. The van der Waals surface area contributed by atoms with Crippen LogP contribution in [0.3, 0.4) is 0 Å². The molecule has 4 heterocycles. The monoisotopic (exact) mass is 623 g/mol. The van der Waals surface area contributed by atoms with Crippen molar-refractivity contribution in [3.63, 3.8) is 0 Å². The molecule has 4 aromatic rings. The second-order valence-corrected chi connectivity index (χ2v) is 12.9. The predicted molar refractivity (Wildman–Crippen MR) is 178 cm³/mol. The van der Waals surface area contributed by atoms with Gasteiger partial charge < -0.3 is 19.3 Å². The molecule has 0 atom stereocenters. The Hall–Kier alpha value is -4.18. The fourth-order valence-corrected chi connectivity index (χ4v) is 7.91. The van der Waals surface area contributed by atoms with Crippen LogP contribution in [0.25, 0.3) is 11.0 Å². The van der Waals surface area contributed by atoms with Crippen LogP contribution in [0.15, 0.2) is 55.0 Å². The molecule has 10 heteroatoms. The van der Waals surface area contributed by atoms with Crippen molar-refractivity contribution in [1.29, 1.82) is 0 Å². The SMILES string of the molecule is CCOc1cccc(Cn2ncc3c(N4CCN(C(=O)[C@H]5CC[C@]6(CC5)c5ccc(OCC)cc5CCN6C)CC4)ncnc32)c1. The number of aromatic nitrogens is 4. The number of ether oxygens (including phenoxy) is 2. The van der Waals surface area contributed by atoms with Crippen LogP contribution in [0.1, 0.15) is 56.2 Å². The first kappa shape index (κ1) is 30.5. The molecule has 2 aliphatic heterocycles. The minimum Gasteiger partial charge on any atom is -0.494 e. The third-order valence-corrected chi connectivity index (χ3v) is 10.3. The summed E-state index contributed by atoms with van der Waals surface area (Å²) in [6, 6.07) is 14.7. The van der Waals surface area contributed by atoms with E-state index in [0.717, 1.165) is 85.7 Å². The van der Waals surface area contributed by atoms with E-state index in [9.17, 15) is 4.79 Å². The standard InChI is InChI=1S/C36H45N7O3/c1-4-45-29-8-6-7-26(21-29)24-43-34-31(23-39-43)33(37-25-38-34)41-17-19-42(20-18-41)35(44)27-11-14-36(15-12-27)32-10-9-30(46-5-2)22-28(32)13-16-40(36)3/h6-10,21-23,25,27H,4-5,11-20,24H2,1-3H3/t27-,36-. The lowest BCUT2D eigenvalue weighted by Crippen LogP contribution is -2.54. The minimum atomic E-state index is 0.0166. The normalized spacial score (nSPS) is 21.8. The summed E-state index contributed by atoms with van der Waals surface area (Å²) in [7, 11) is 2.26. The van der Waals surface area contributed by atoms with Crippen LogP contribution in [0.4, 0.5) is 5.82 Å². The Kier molecular flexibility index (Phi) is 8.55. The maximum absolute atomic E-state index is 13.8. The number of benzene rings is 2. The fraction of sp³-hybridized carbons (Fsp3) is 0.500. The molecule has 3 aliphatic rings. The zero-order valence-electron chi connectivity index (χ0n) is 27.3. The van der Waals surface area contributed by atoms with Crippen LogP contribution in [-0.2, 0) is 23.3 Å². The zero-order valence-corrected chi connectivity index (χ0v) is 27.3. The highest BCUT2D eigenvalue weighted by molar-refractivity contribution is 5.87. The van der Waals surface area contributed by atoms with Crippen molar-refractivity contribution in [2.45, 2.75) is 58.0 Å². The van der Waals surface area contributed by atoms with E-state index >= 15 is 0 Å². The van der Waals surface area contributed by atoms with Gasteiger partial charge in [-0.15, -0.1) is 0 Å². The molecular weight excluding hydrogens is 578 g/mol. The number of hydrogen-bond donors (Lipinski definition) is 0. The van der Waals surface area contributed by atoms with Crippen molar-refractivity contribution in [3.05, 3.63) is 71.7 Å². The number of carbonyl (C=O) groups excluding carboxylic acids is 1. The summed E-state index contributed by atoms with van der Waals surface area (Å²) in [6.07, 6.45) is 8.41. The highest BCUT2D eigenvalue weighted by atomic mass is 16.5. The van der Waals surface area contributed by atoms with E-state index in [2.05, 4.69) is 61.1 Å². The first-order valence-corrected chi connectivity index (χ1v) is 16.9. The highest BCUT2D eigenvalue weighted by Crippen LogP contribution is 2.48. The number of rotatable bonds is 8. The van der Waals surface area contributed by atoms with Crippen molar-refractivity contribution in [2.24, 2.45) is 5.92 Å². The Labute approximate surface area is 271 Å². The summed E-state index contributed by atoms with van der Waals surface area (Å²) < 4.78 is 13.4. The van der Waals surface area contributed by atoms with Crippen molar-refractivity contribution in [1.82, 2.24) is 29.5 Å². The van der Waals surface area contributed by atoms with Crippen LogP contribution in [0.2, 0.25) is 0 Å². The molecule has 10 nitrogen and oxygen atoms in total. The molecule has 1 saturated carbocycles. The molecule has 242 valence electrons. The molecule has 1 amide bonds. The molecule has 1 saturated heterocycles. The Morgan fingerprint density at radius 2 is 1.70 bits per heavy atom. The van der Waals surface area contributed by atoms with E-state index in [4.69, 9.17) is 9.47 Å². The van der Waals surface area contributed by atoms with Crippen LogP contribution in [0.5, 0.6) is 11.5 Å². The van der Waals surface area contributed by atoms with Gasteiger partial charge in [-0.2, -0.15) is 5.10 Å². The van der Waals surface area contributed by atoms with Gasteiger partial charge in [-0.1, -0.05) is 18.2 Å². The molecular formula is C36H45N7O3. The third kappa shape index (κ3) is 5.68. The second-order valence-electron chi connectivity index (χ2n) is 12.9. The largest absolute Gasteiger partial charge is 0.494 e. The van der Waals surface area contributed by atoms with E-state index in [1.165, 1.54) is 11.1 Å². The molecule has 1 spiro atoms. The Morgan fingerprint density at radius 3 is 2.46 bits per heavy atom. The predicted octanol–water partition coefficient (Wildman–Crippen LogP) is 4.89. The molecule has 46 heavy (non-hydrogen) atoms. The van der Waals surface area contributed by atoms with Crippen LogP contribution < -0.4 is 14.4 Å². The second kappa shape index (κ2) is 12.9. The van der Waals surface area contributed by atoms with Crippen molar-refractivity contribution in [2.75, 3.05) is 57.9 Å². The van der Waals surface area contributed by atoms with E-state index in [1.807, 2.05) is 42.9 Å². The lowest BCUT2D eigenvalue weighted by Gasteiger charge is -2.50. The number of fused-ring (bicyclic) bond motifs is 3. The Bertz CT molecular complexity index is 1690. The van der Waals surface area contributed by atoms with Gasteiger partial charge in [0.2, 0.25) is 5.91 Å². The number of carbonyl (C=O) groups is 1. The zero-order chi connectivity index (χ0) is 31.7. The van der Waals surface area contributed by atoms with Gasteiger partial charge in [0, 0.05) is 44.2 Å². The molecule has 1 aliphatic carbocycles. The Morgan fingerprint density at radius 1 is 0.935 bits per heavy atom. The number of piperazine rings is 1. The summed E-state index contributed by atoms with van der Waals surface area (Å²) in [5.74, 6) is 3.11. The lowest BCUT2D eigenvalue weighted by atomic mass is 9.68. The third-order valence-electron chi connectivity index (χ3n) is 10.3. The maximum atomic E-state index is 13.8. The van der Waals surface area contributed by atoms with Crippen LogP contribution in [0, 0.1) is 5.92 Å². The van der Waals surface area contributed by atoms with E-state index < -0.39 is 0 Å². The summed E-state index contributed by atoms with van der Waals surface area (Å²) >= 11 is 0. The molecule has 2 aromatic heterocycles. The van der Waals surface area contributed by atoms with Gasteiger partial charge in [-0.3, -0.25) is 9.69 Å². The van der Waals surface area contributed by atoms with Crippen molar-refractivity contribution < 1.29 is 14.3 Å². The molecule has 0 radical (unpaired) electrons. The summed E-state index contributed by atoms with van der Waals surface area (Å²) in [4.78, 5) is 29.9. The van der Waals surface area contributed by atoms with Gasteiger partial charge in [0.1, 0.15) is 23.6 Å². The number of anilines is 1. The number of amides is 1. The smallest absolute Gasteiger partial charge is 0.225 e. The van der Waals surface area contributed by atoms with E-state index in [0.29, 0.717) is 38.8 Å². The first-order valence-electron chi connectivity index (χ1n) is 16.9. The molecule has 2 fully saturated rings. The molecule has 2 aromatic carbocycles. The molecule has 0 bridgehead atoms. The number of likely N-dealkylation sites (N-methyl/N-ethyl adjacent to an activating group) is 1. The van der Waals surface area contributed by atoms with Crippen LogP contribution >= 0.6 is 0 Å².